The standard InChI is InChI=1S/C6H9FN4S/c1-3(7)5-8-4(2)9-6(10-5)11-12/h3,12H,1-2H3,(H,8,9,10,11). The first-order valence-electron chi connectivity index (χ1n) is 3.40. The van der Waals surface area contributed by atoms with Crippen molar-refractivity contribution in [3.05, 3.63) is 11.6 Å². The van der Waals surface area contributed by atoms with Crippen molar-refractivity contribution in [2.45, 2.75) is 20.0 Å². The Morgan fingerprint density at radius 3 is 2.58 bits per heavy atom. The maximum Gasteiger partial charge on any atom is 0.236 e. The summed E-state index contributed by atoms with van der Waals surface area (Å²) < 4.78 is 15.2. The van der Waals surface area contributed by atoms with E-state index in [0.29, 0.717) is 5.82 Å². The zero-order valence-corrected chi connectivity index (χ0v) is 7.64. The molecule has 0 amide bonds. The van der Waals surface area contributed by atoms with E-state index in [1.54, 1.807) is 6.92 Å². The Morgan fingerprint density at radius 1 is 1.42 bits per heavy atom. The summed E-state index contributed by atoms with van der Waals surface area (Å²) >= 11 is 3.75. The van der Waals surface area contributed by atoms with Crippen molar-refractivity contribution in [1.82, 2.24) is 15.0 Å². The summed E-state index contributed by atoms with van der Waals surface area (Å²) in [7, 11) is 0. The van der Waals surface area contributed by atoms with E-state index >= 15 is 0 Å². The van der Waals surface area contributed by atoms with Crippen LogP contribution in [0.3, 0.4) is 0 Å². The molecule has 12 heavy (non-hydrogen) atoms. The Morgan fingerprint density at radius 2 is 2.08 bits per heavy atom. The van der Waals surface area contributed by atoms with Crippen molar-refractivity contribution >= 4 is 18.8 Å². The summed E-state index contributed by atoms with van der Waals surface area (Å²) in [4.78, 5) is 11.4. The number of rotatable bonds is 2. The van der Waals surface area contributed by atoms with Gasteiger partial charge in [0, 0.05) is 0 Å². The number of thiol groups is 1. The van der Waals surface area contributed by atoms with Crippen molar-refractivity contribution in [2.24, 2.45) is 0 Å². The summed E-state index contributed by atoms with van der Waals surface area (Å²) in [6, 6.07) is 0. The average Bonchev–Trinajstić information content (AvgIpc) is 2.03. The Labute approximate surface area is 75.2 Å². The molecular weight excluding hydrogens is 179 g/mol. The molecule has 0 radical (unpaired) electrons. The van der Waals surface area contributed by atoms with Crippen LogP contribution in [-0.2, 0) is 0 Å². The van der Waals surface area contributed by atoms with Crippen molar-refractivity contribution in [3.63, 3.8) is 0 Å². The molecule has 1 aromatic rings. The highest BCUT2D eigenvalue weighted by Gasteiger charge is 2.08. The lowest BCUT2D eigenvalue weighted by molar-refractivity contribution is 0.355. The molecule has 0 spiro atoms. The van der Waals surface area contributed by atoms with Crippen molar-refractivity contribution in [1.29, 1.82) is 0 Å². The average molecular weight is 188 g/mol. The minimum atomic E-state index is -1.19. The van der Waals surface area contributed by atoms with Gasteiger partial charge in [0.25, 0.3) is 0 Å². The van der Waals surface area contributed by atoms with E-state index in [2.05, 4.69) is 32.5 Å². The smallest absolute Gasteiger partial charge is 0.236 e. The van der Waals surface area contributed by atoms with E-state index in [9.17, 15) is 4.39 Å². The van der Waals surface area contributed by atoms with Gasteiger partial charge in [0.15, 0.2) is 12.0 Å². The molecular formula is C6H9FN4S. The maximum absolute atomic E-state index is 12.7. The van der Waals surface area contributed by atoms with Crippen LogP contribution in [0.2, 0.25) is 0 Å². The van der Waals surface area contributed by atoms with Crippen molar-refractivity contribution in [2.75, 3.05) is 4.72 Å². The first-order chi connectivity index (χ1) is 5.63. The molecule has 0 fully saturated rings. The summed E-state index contributed by atoms with van der Waals surface area (Å²) in [6.45, 7) is 3.04. The van der Waals surface area contributed by atoms with Gasteiger partial charge in [-0.3, -0.25) is 0 Å². The molecule has 1 N–H and O–H groups in total. The summed E-state index contributed by atoms with van der Waals surface area (Å²) in [5.74, 6) is 0.866. The molecule has 1 aromatic heterocycles. The number of alkyl halides is 1. The molecule has 1 rings (SSSR count). The zero-order valence-electron chi connectivity index (χ0n) is 6.74. The van der Waals surface area contributed by atoms with Crippen LogP contribution >= 0.6 is 12.8 Å². The molecule has 4 nitrogen and oxygen atoms in total. The number of nitrogens with zero attached hydrogens (tertiary/aromatic N) is 3. The molecule has 0 aliphatic rings. The Hall–Kier alpha value is -0.910. The van der Waals surface area contributed by atoms with Gasteiger partial charge < -0.3 is 4.72 Å². The highest BCUT2D eigenvalue weighted by Crippen LogP contribution is 2.12. The number of nitrogens with one attached hydrogen (secondary N) is 1. The lowest BCUT2D eigenvalue weighted by Crippen LogP contribution is -2.03. The van der Waals surface area contributed by atoms with Crippen LogP contribution in [0.4, 0.5) is 10.3 Å². The number of hydrogen-bond acceptors (Lipinski definition) is 5. The number of hydrogen-bond donors (Lipinski definition) is 2. The largest absolute Gasteiger partial charge is 0.301 e. The number of halogens is 1. The van der Waals surface area contributed by atoms with Crippen LogP contribution in [0, 0.1) is 6.92 Å². The van der Waals surface area contributed by atoms with Crippen LogP contribution in [0.15, 0.2) is 0 Å². The van der Waals surface area contributed by atoms with Crippen LogP contribution in [-0.4, -0.2) is 15.0 Å². The summed E-state index contributed by atoms with van der Waals surface area (Å²) in [5.41, 5.74) is 0. The molecule has 0 aromatic carbocycles. The third kappa shape index (κ3) is 2.04. The molecule has 6 heteroatoms. The maximum atomic E-state index is 12.7. The molecule has 66 valence electrons. The third-order valence-electron chi connectivity index (χ3n) is 1.22. The second-order valence-electron chi connectivity index (χ2n) is 2.29. The topological polar surface area (TPSA) is 50.7 Å². The van der Waals surface area contributed by atoms with Gasteiger partial charge in [-0.2, -0.15) is 9.97 Å². The van der Waals surface area contributed by atoms with Crippen LogP contribution in [0.1, 0.15) is 24.7 Å². The third-order valence-corrected chi connectivity index (χ3v) is 1.42. The van der Waals surface area contributed by atoms with E-state index < -0.39 is 6.17 Å². The van der Waals surface area contributed by atoms with Crippen LogP contribution in [0.5, 0.6) is 0 Å². The van der Waals surface area contributed by atoms with E-state index in [0.717, 1.165) is 0 Å². The van der Waals surface area contributed by atoms with Crippen LogP contribution < -0.4 is 4.72 Å². The van der Waals surface area contributed by atoms with Gasteiger partial charge in [-0.1, -0.05) is 12.8 Å². The predicted octanol–water partition coefficient (Wildman–Crippen LogP) is 1.47. The fourth-order valence-corrected chi connectivity index (χ4v) is 0.830. The molecule has 0 aliphatic carbocycles. The van der Waals surface area contributed by atoms with Gasteiger partial charge >= 0.3 is 0 Å². The quantitative estimate of drug-likeness (QED) is 0.690. The molecule has 0 saturated carbocycles. The molecule has 1 atom stereocenters. The Bertz CT molecular complexity index is 278. The predicted molar refractivity (Wildman–Crippen MR) is 46.7 cm³/mol. The van der Waals surface area contributed by atoms with E-state index in [-0.39, 0.29) is 11.8 Å². The first-order valence-corrected chi connectivity index (χ1v) is 3.85. The SMILES string of the molecule is Cc1nc(NS)nc(C(C)F)n1. The van der Waals surface area contributed by atoms with Gasteiger partial charge in [-0.05, 0) is 13.8 Å². The monoisotopic (exact) mass is 188 g/mol. The minimum Gasteiger partial charge on any atom is -0.301 e. The van der Waals surface area contributed by atoms with E-state index in [1.807, 2.05) is 0 Å². The summed E-state index contributed by atoms with van der Waals surface area (Å²) in [6.07, 6.45) is -1.19. The molecule has 0 aliphatic heterocycles. The van der Waals surface area contributed by atoms with Crippen molar-refractivity contribution < 1.29 is 4.39 Å². The second kappa shape index (κ2) is 3.66. The minimum absolute atomic E-state index is 0.124. The number of aryl methyl sites for hydroxylation is 1. The molecule has 0 saturated heterocycles. The first kappa shape index (κ1) is 9.18. The highest BCUT2D eigenvalue weighted by atomic mass is 32.1. The van der Waals surface area contributed by atoms with Crippen LogP contribution in [0.25, 0.3) is 0 Å². The van der Waals surface area contributed by atoms with Gasteiger partial charge in [-0.15, -0.1) is 0 Å². The van der Waals surface area contributed by atoms with Crippen molar-refractivity contribution in [3.8, 4) is 0 Å². The highest BCUT2D eigenvalue weighted by molar-refractivity contribution is 7.81. The van der Waals surface area contributed by atoms with Gasteiger partial charge in [0.1, 0.15) is 5.82 Å². The molecule has 1 heterocycles. The lowest BCUT2D eigenvalue weighted by Gasteiger charge is -2.03. The fourth-order valence-electron chi connectivity index (χ4n) is 0.730. The summed E-state index contributed by atoms with van der Waals surface area (Å²) in [5, 5.41) is 0. The Balaban J connectivity index is 3.06. The number of anilines is 1. The second-order valence-corrected chi connectivity index (χ2v) is 2.52. The Kier molecular flexibility index (Phi) is 2.80. The fraction of sp³-hybridized carbons (Fsp3) is 0.500. The van der Waals surface area contributed by atoms with Gasteiger partial charge in [0.05, 0.1) is 0 Å². The molecule has 1 unspecified atom stereocenters. The van der Waals surface area contributed by atoms with E-state index in [1.165, 1.54) is 6.92 Å². The normalized spacial score (nSPS) is 12.7. The van der Waals surface area contributed by atoms with E-state index in [4.69, 9.17) is 0 Å². The molecule has 0 bridgehead atoms. The van der Waals surface area contributed by atoms with Gasteiger partial charge in [0.2, 0.25) is 5.95 Å². The number of aromatic nitrogens is 3. The lowest BCUT2D eigenvalue weighted by atomic mass is 10.4. The van der Waals surface area contributed by atoms with Gasteiger partial charge in [-0.25, -0.2) is 9.37 Å². The zero-order chi connectivity index (χ0) is 9.14.